The number of carbonyl (C=O) groups is 1. The van der Waals surface area contributed by atoms with E-state index in [-0.39, 0.29) is 23.4 Å². The molecular weight excluding hydrogens is 405 g/mol. The van der Waals surface area contributed by atoms with Gasteiger partial charge in [-0.1, -0.05) is 6.92 Å². The number of piperidine rings is 1. The Kier molecular flexibility index (Phi) is 5.10. The molecule has 1 aliphatic carbocycles. The van der Waals surface area contributed by atoms with Gasteiger partial charge in [-0.25, -0.2) is 8.78 Å². The predicted molar refractivity (Wildman–Crippen MR) is 102 cm³/mol. The van der Waals surface area contributed by atoms with Crippen molar-refractivity contribution in [2.24, 2.45) is 11.8 Å². The molecule has 1 saturated heterocycles. The first kappa shape index (κ1) is 20.8. The predicted octanol–water partition coefficient (Wildman–Crippen LogP) is 4.63. The molecule has 9 heteroatoms. The fourth-order valence-electron chi connectivity index (χ4n) is 4.48. The quantitative estimate of drug-likeness (QED) is 0.727. The molecule has 1 aromatic heterocycles. The number of pyridine rings is 1. The van der Waals surface area contributed by atoms with Gasteiger partial charge in [0, 0.05) is 55.2 Å². The fourth-order valence-corrected chi connectivity index (χ4v) is 4.48. The molecule has 1 amide bonds. The highest BCUT2D eigenvalue weighted by atomic mass is 19.4. The van der Waals surface area contributed by atoms with Crippen LogP contribution in [-0.2, 0) is 11.0 Å². The summed E-state index contributed by atoms with van der Waals surface area (Å²) in [7, 11) is 0. The van der Waals surface area contributed by atoms with Crippen LogP contribution in [0.3, 0.4) is 0 Å². The number of carbonyl (C=O) groups excluding carboxylic acids is 1. The summed E-state index contributed by atoms with van der Waals surface area (Å²) in [4.78, 5) is 18.2. The maximum atomic E-state index is 13.4. The van der Waals surface area contributed by atoms with E-state index in [1.165, 1.54) is 12.3 Å². The maximum absolute atomic E-state index is 13.4. The lowest BCUT2D eigenvalue weighted by molar-refractivity contribution is -0.150. The number of alkyl halides is 5. The van der Waals surface area contributed by atoms with Crippen LogP contribution in [0.25, 0.3) is 10.9 Å². The topological polar surface area (TPSA) is 45.2 Å². The van der Waals surface area contributed by atoms with E-state index in [1.807, 2.05) is 11.8 Å². The molecule has 0 radical (unpaired) electrons. The zero-order valence-electron chi connectivity index (χ0n) is 16.3. The average Bonchev–Trinajstić information content (AvgIpc) is 2.63. The summed E-state index contributed by atoms with van der Waals surface area (Å²) < 4.78 is 66.2. The van der Waals surface area contributed by atoms with Gasteiger partial charge in [0.15, 0.2) is 0 Å². The van der Waals surface area contributed by atoms with Crippen LogP contribution in [0.15, 0.2) is 30.5 Å². The van der Waals surface area contributed by atoms with E-state index in [0.29, 0.717) is 30.6 Å². The van der Waals surface area contributed by atoms with E-state index in [9.17, 15) is 26.7 Å². The Labute approximate surface area is 170 Å². The number of halogens is 5. The number of amides is 1. The number of aromatic nitrogens is 1. The molecule has 0 bridgehead atoms. The van der Waals surface area contributed by atoms with Crippen LogP contribution in [0, 0.1) is 11.8 Å². The minimum absolute atomic E-state index is 0.113. The van der Waals surface area contributed by atoms with E-state index in [1.54, 1.807) is 12.1 Å². The second-order valence-corrected chi connectivity index (χ2v) is 8.44. The van der Waals surface area contributed by atoms with Crippen LogP contribution >= 0.6 is 0 Å². The smallest absolute Gasteiger partial charge is 0.369 e. The van der Waals surface area contributed by atoms with Gasteiger partial charge in [-0.2, -0.15) is 13.2 Å². The van der Waals surface area contributed by atoms with Crippen molar-refractivity contribution >= 4 is 22.5 Å². The summed E-state index contributed by atoms with van der Waals surface area (Å²) in [5.41, 5.74) is -0.284. The zero-order chi connectivity index (χ0) is 21.7. The van der Waals surface area contributed by atoms with Gasteiger partial charge in [0.05, 0.1) is 11.1 Å². The van der Waals surface area contributed by atoms with Crippen LogP contribution in [0.1, 0.15) is 31.7 Å². The van der Waals surface area contributed by atoms with E-state index < -0.39 is 36.4 Å². The molecule has 1 saturated carbocycles. The summed E-state index contributed by atoms with van der Waals surface area (Å²) >= 11 is 0. The van der Waals surface area contributed by atoms with Crippen LogP contribution in [0.5, 0.6) is 0 Å². The summed E-state index contributed by atoms with van der Waals surface area (Å²) in [6.45, 7) is 3.01. The summed E-state index contributed by atoms with van der Waals surface area (Å²) in [5.74, 6) is -3.65. The van der Waals surface area contributed by atoms with Gasteiger partial charge >= 0.3 is 6.18 Å². The van der Waals surface area contributed by atoms with E-state index >= 15 is 0 Å². The minimum Gasteiger partial charge on any atom is -0.369 e. The number of benzene rings is 1. The van der Waals surface area contributed by atoms with Gasteiger partial charge in [-0.3, -0.25) is 9.78 Å². The summed E-state index contributed by atoms with van der Waals surface area (Å²) in [5, 5.41) is 3.26. The van der Waals surface area contributed by atoms with Crippen molar-refractivity contribution in [2.75, 3.05) is 18.0 Å². The Morgan fingerprint density at radius 2 is 1.93 bits per heavy atom. The molecule has 1 N–H and O–H groups in total. The molecule has 4 rings (SSSR count). The lowest BCUT2D eigenvalue weighted by Gasteiger charge is -2.40. The van der Waals surface area contributed by atoms with Gasteiger partial charge in [-0.15, -0.1) is 0 Å². The van der Waals surface area contributed by atoms with Gasteiger partial charge in [0.2, 0.25) is 11.8 Å². The third-order valence-electron chi connectivity index (χ3n) is 5.86. The number of nitrogens with zero attached hydrogens (tertiary/aromatic N) is 2. The fraction of sp³-hybridized carbons (Fsp3) is 0.524. The third kappa shape index (κ3) is 4.06. The lowest BCUT2D eigenvalue weighted by Crippen LogP contribution is -2.54. The number of hydrogen-bond acceptors (Lipinski definition) is 3. The van der Waals surface area contributed by atoms with Crippen molar-refractivity contribution in [3.05, 3.63) is 36.0 Å². The van der Waals surface area contributed by atoms with Crippen molar-refractivity contribution in [2.45, 2.75) is 44.3 Å². The highest BCUT2D eigenvalue weighted by Crippen LogP contribution is 2.43. The molecule has 0 unspecified atom stereocenters. The van der Waals surface area contributed by atoms with Crippen molar-refractivity contribution in [1.29, 1.82) is 0 Å². The van der Waals surface area contributed by atoms with Crippen LogP contribution in [0.4, 0.5) is 27.6 Å². The first-order valence-electron chi connectivity index (χ1n) is 9.91. The van der Waals surface area contributed by atoms with Crippen molar-refractivity contribution in [3.63, 3.8) is 0 Å². The van der Waals surface area contributed by atoms with Crippen molar-refractivity contribution in [3.8, 4) is 0 Å². The molecule has 1 aliphatic heterocycles. The second kappa shape index (κ2) is 7.35. The highest BCUT2D eigenvalue weighted by molar-refractivity contribution is 5.94. The SMILES string of the molecule is C[C@H]1C[C@@H](NC(=O)C2CC(F)(F)C2)CN(c2ccc(C(F)(F)F)c3ncccc23)C1. The summed E-state index contributed by atoms with van der Waals surface area (Å²) in [6, 6.07) is 5.42. The Bertz CT molecular complexity index is 953. The lowest BCUT2D eigenvalue weighted by atomic mass is 9.80. The van der Waals surface area contributed by atoms with Gasteiger partial charge in [0.25, 0.3) is 0 Å². The first-order chi connectivity index (χ1) is 14.0. The van der Waals surface area contributed by atoms with Crippen molar-refractivity contribution in [1.82, 2.24) is 10.3 Å². The molecule has 2 atom stereocenters. The molecule has 4 nitrogen and oxygen atoms in total. The zero-order valence-corrected chi connectivity index (χ0v) is 16.3. The molecule has 162 valence electrons. The molecular formula is C21H22F5N3O. The number of fused-ring (bicyclic) bond motifs is 1. The van der Waals surface area contributed by atoms with Gasteiger partial charge in [-0.05, 0) is 36.6 Å². The largest absolute Gasteiger partial charge is 0.418 e. The van der Waals surface area contributed by atoms with Gasteiger partial charge in [0.1, 0.15) is 0 Å². The Hall–Kier alpha value is -2.45. The normalized spacial score (nSPS) is 24.5. The molecule has 1 aromatic carbocycles. The molecule has 30 heavy (non-hydrogen) atoms. The maximum Gasteiger partial charge on any atom is 0.418 e. The van der Waals surface area contributed by atoms with E-state index in [2.05, 4.69) is 10.3 Å². The monoisotopic (exact) mass is 427 g/mol. The average molecular weight is 427 g/mol. The van der Waals surface area contributed by atoms with Crippen LogP contribution in [0.2, 0.25) is 0 Å². The number of hydrogen-bond donors (Lipinski definition) is 1. The Balaban J connectivity index is 1.57. The standard InChI is InChI=1S/C21H22F5N3O/c1-12-7-14(28-19(30)13-8-20(22,23)9-13)11-29(10-12)17-5-4-16(21(24,25)26)18-15(17)3-2-6-27-18/h2-6,12-14H,7-11H2,1H3,(H,28,30)/t12-,14+/m0/s1. The Morgan fingerprint density at radius 3 is 2.60 bits per heavy atom. The summed E-state index contributed by atoms with van der Waals surface area (Å²) in [6.07, 6.45) is -3.36. The molecule has 2 aromatic rings. The number of nitrogens with one attached hydrogen (secondary N) is 1. The minimum atomic E-state index is -4.51. The number of anilines is 1. The van der Waals surface area contributed by atoms with Crippen molar-refractivity contribution < 1.29 is 26.7 Å². The van der Waals surface area contributed by atoms with Crippen LogP contribution in [-0.4, -0.2) is 35.9 Å². The molecule has 0 spiro atoms. The van der Waals surface area contributed by atoms with Crippen LogP contribution < -0.4 is 10.2 Å². The van der Waals surface area contributed by atoms with E-state index in [4.69, 9.17) is 0 Å². The third-order valence-corrected chi connectivity index (χ3v) is 5.86. The second-order valence-electron chi connectivity index (χ2n) is 8.44. The molecule has 2 aliphatic rings. The highest BCUT2D eigenvalue weighted by Gasteiger charge is 2.49. The number of rotatable bonds is 3. The molecule has 2 fully saturated rings. The first-order valence-corrected chi connectivity index (χ1v) is 9.91. The Morgan fingerprint density at radius 1 is 1.20 bits per heavy atom. The van der Waals surface area contributed by atoms with E-state index in [0.717, 1.165) is 6.07 Å². The van der Waals surface area contributed by atoms with Gasteiger partial charge < -0.3 is 10.2 Å². The molecule has 2 heterocycles.